The molecule has 1 N–H and O–H groups in total. The number of alkyl halides is 2. The fourth-order valence-electron chi connectivity index (χ4n) is 2.57. The fraction of sp³-hybridized carbons (Fsp3) is 0.462. The van der Waals surface area contributed by atoms with Crippen LogP contribution in [0.15, 0.2) is 23.8 Å². The molecular formula is C13H15F2N3S. The molecule has 2 heterocycles. The average molecular weight is 283 g/mol. The molecule has 0 amide bonds. The summed E-state index contributed by atoms with van der Waals surface area (Å²) >= 11 is 1.78. The van der Waals surface area contributed by atoms with Crippen molar-refractivity contribution in [3.63, 3.8) is 0 Å². The molecule has 3 nitrogen and oxygen atoms in total. The van der Waals surface area contributed by atoms with Gasteiger partial charge in [-0.1, -0.05) is 0 Å². The van der Waals surface area contributed by atoms with Gasteiger partial charge < -0.3 is 5.32 Å². The van der Waals surface area contributed by atoms with Gasteiger partial charge in [0.15, 0.2) is 0 Å². The standard InChI is InChI=1S/C13H15F2N3S/c14-13(15)18-6-5-16-12(18)8-17-10-2-1-3-11-9(10)4-7-19-11/h4-7,10,13,17H,1-3,8H2. The molecule has 0 saturated heterocycles. The SMILES string of the molecule is FC(F)n1ccnc1CNC1CCCc2sccc21. The number of hydrogen-bond donors (Lipinski definition) is 1. The van der Waals surface area contributed by atoms with Crippen LogP contribution in [-0.2, 0) is 13.0 Å². The molecule has 1 aliphatic rings. The monoisotopic (exact) mass is 283 g/mol. The number of nitrogens with one attached hydrogen (secondary N) is 1. The van der Waals surface area contributed by atoms with Crippen LogP contribution in [0.4, 0.5) is 8.78 Å². The summed E-state index contributed by atoms with van der Waals surface area (Å²) in [5, 5.41) is 5.45. The summed E-state index contributed by atoms with van der Waals surface area (Å²) < 4.78 is 26.3. The Labute approximate surface area is 114 Å². The van der Waals surface area contributed by atoms with Gasteiger partial charge >= 0.3 is 6.55 Å². The van der Waals surface area contributed by atoms with Crippen molar-refractivity contribution in [2.45, 2.75) is 38.4 Å². The first-order valence-corrected chi connectivity index (χ1v) is 7.23. The van der Waals surface area contributed by atoms with E-state index in [4.69, 9.17) is 0 Å². The molecule has 1 unspecified atom stereocenters. The van der Waals surface area contributed by atoms with Crippen LogP contribution in [0, 0.1) is 0 Å². The zero-order chi connectivity index (χ0) is 13.2. The molecule has 0 aliphatic heterocycles. The molecule has 2 aromatic rings. The summed E-state index contributed by atoms with van der Waals surface area (Å²) in [5.74, 6) is 0.386. The lowest BCUT2D eigenvalue weighted by molar-refractivity contribution is 0.0664. The van der Waals surface area contributed by atoms with Gasteiger partial charge in [-0.3, -0.25) is 4.57 Å². The van der Waals surface area contributed by atoms with E-state index >= 15 is 0 Å². The van der Waals surface area contributed by atoms with Crippen molar-refractivity contribution < 1.29 is 8.78 Å². The number of halogens is 2. The Hall–Kier alpha value is -1.27. The Morgan fingerprint density at radius 2 is 2.42 bits per heavy atom. The van der Waals surface area contributed by atoms with Gasteiger partial charge in [0, 0.05) is 23.3 Å². The third-order valence-electron chi connectivity index (χ3n) is 3.52. The predicted octanol–water partition coefficient (Wildman–Crippen LogP) is 3.51. The highest BCUT2D eigenvalue weighted by molar-refractivity contribution is 7.10. The number of fused-ring (bicyclic) bond motifs is 1. The lowest BCUT2D eigenvalue weighted by Gasteiger charge is -2.23. The van der Waals surface area contributed by atoms with Crippen LogP contribution in [0.1, 0.15) is 41.7 Å². The highest BCUT2D eigenvalue weighted by Crippen LogP contribution is 2.33. The summed E-state index contributed by atoms with van der Waals surface area (Å²) in [6, 6.07) is 2.40. The van der Waals surface area contributed by atoms with Crippen molar-refractivity contribution in [3.8, 4) is 0 Å². The highest BCUT2D eigenvalue weighted by Gasteiger charge is 2.21. The van der Waals surface area contributed by atoms with Crippen molar-refractivity contribution in [2.75, 3.05) is 0 Å². The largest absolute Gasteiger partial charge is 0.319 e. The second-order valence-electron chi connectivity index (χ2n) is 4.65. The Morgan fingerprint density at radius 3 is 3.26 bits per heavy atom. The molecule has 0 fully saturated rings. The van der Waals surface area contributed by atoms with Crippen LogP contribution in [0.3, 0.4) is 0 Å². The van der Waals surface area contributed by atoms with E-state index in [-0.39, 0.29) is 6.04 Å². The van der Waals surface area contributed by atoms with E-state index in [9.17, 15) is 8.78 Å². The Bertz CT molecular complexity index is 550. The summed E-state index contributed by atoms with van der Waals surface area (Å²) in [7, 11) is 0. The second kappa shape index (κ2) is 5.38. The molecule has 0 saturated carbocycles. The minimum atomic E-state index is -2.53. The first-order valence-electron chi connectivity index (χ1n) is 6.35. The summed E-state index contributed by atoms with van der Waals surface area (Å²) in [4.78, 5) is 5.41. The number of nitrogens with zero attached hydrogens (tertiary/aromatic N) is 2. The maximum absolute atomic E-state index is 12.7. The lowest BCUT2D eigenvalue weighted by Crippen LogP contribution is -2.25. The van der Waals surface area contributed by atoms with E-state index in [0.717, 1.165) is 23.8 Å². The van der Waals surface area contributed by atoms with Crippen molar-refractivity contribution >= 4 is 11.3 Å². The van der Waals surface area contributed by atoms with Gasteiger partial charge in [-0.05, 0) is 36.3 Å². The molecule has 0 radical (unpaired) electrons. The molecular weight excluding hydrogens is 268 g/mol. The predicted molar refractivity (Wildman–Crippen MR) is 70.3 cm³/mol. The molecule has 1 atom stereocenters. The first-order chi connectivity index (χ1) is 9.25. The Kier molecular flexibility index (Phi) is 3.61. The number of hydrogen-bond acceptors (Lipinski definition) is 3. The molecule has 0 spiro atoms. The molecule has 6 heteroatoms. The molecule has 3 rings (SSSR count). The molecule has 0 aromatic carbocycles. The van der Waals surface area contributed by atoms with E-state index in [1.165, 1.54) is 22.8 Å². The molecule has 102 valence electrons. The topological polar surface area (TPSA) is 29.9 Å². The summed E-state index contributed by atoms with van der Waals surface area (Å²) in [6.07, 6.45) is 6.07. The van der Waals surface area contributed by atoms with Crippen LogP contribution in [0.5, 0.6) is 0 Å². The van der Waals surface area contributed by atoms with E-state index in [0.29, 0.717) is 12.4 Å². The lowest BCUT2D eigenvalue weighted by atomic mass is 9.94. The quantitative estimate of drug-likeness (QED) is 0.930. The maximum atomic E-state index is 12.7. The van der Waals surface area contributed by atoms with Crippen LogP contribution >= 0.6 is 11.3 Å². The Morgan fingerprint density at radius 1 is 1.53 bits per heavy atom. The van der Waals surface area contributed by atoms with Gasteiger partial charge in [0.1, 0.15) is 5.82 Å². The van der Waals surface area contributed by atoms with Gasteiger partial charge in [-0.15, -0.1) is 11.3 Å². The summed E-state index contributed by atoms with van der Waals surface area (Å²) in [6.45, 7) is -2.15. The maximum Gasteiger partial charge on any atom is 0.319 e. The van der Waals surface area contributed by atoms with Crippen LogP contribution in [0.2, 0.25) is 0 Å². The zero-order valence-electron chi connectivity index (χ0n) is 10.4. The molecule has 19 heavy (non-hydrogen) atoms. The minimum Gasteiger partial charge on any atom is -0.303 e. The van der Waals surface area contributed by atoms with Crippen LogP contribution in [0.25, 0.3) is 0 Å². The van der Waals surface area contributed by atoms with Crippen LogP contribution < -0.4 is 5.32 Å². The second-order valence-corrected chi connectivity index (χ2v) is 5.65. The number of rotatable bonds is 4. The van der Waals surface area contributed by atoms with Gasteiger partial charge in [0.25, 0.3) is 0 Å². The van der Waals surface area contributed by atoms with Crippen LogP contribution in [-0.4, -0.2) is 9.55 Å². The van der Waals surface area contributed by atoms with E-state index in [1.54, 1.807) is 11.3 Å². The number of imidazole rings is 1. The number of thiophene rings is 1. The van der Waals surface area contributed by atoms with E-state index < -0.39 is 6.55 Å². The van der Waals surface area contributed by atoms with Gasteiger partial charge in [0.2, 0.25) is 0 Å². The first kappa shape index (κ1) is 12.7. The van der Waals surface area contributed by atoms with Crippen molar-refractivity contribution in [1.29, 1.82) is 0 Å². The molecule has 1 aliphatic carbocycles. The van der Waals surface area contributed by atoms with Gasteiger partial charge in [0.05, 0.1) is 6.54 Å². The highest BCUT2D eigenvalue weighted by atomic mass is 32.1. The van der Waals surface area contributed by atoms with E-state index in [2.05, 4.69) is 21.7 Å². The normalized spacial score (nSPS) is 18.8. The minimum absolute atomic E-state index is 0.262. The summed E-state index contributed by atoms with van der Waals surface area (Å²) in [5.41, 5.74) is 1.33. The number of aryl methyl sites for hydroxylation is 1. The zero-order valence-corrected chi connectivity index (χ0v) is 11.2. The third kappa shape index (κ3) is 2.55. The fourth-order valence-corrected chi connectivity index (χ4v) is 3.56. The third-order valence-corrected chi connectivity index (χ3v) is 4.51. The average Bonchev–Trinajstić information content (AvgIpc) is 3.04. The van der Waals surface area contributed by atoms with Gasteiger partial charge in [-0.2, -0.15) is 8.78 Å². The smallest absolute Gasteiger partial charge is 0.303 e. The van der Waals surface area contributed by atoms with Crippen molar-refractivity contribution in [2.24, 2.45) is 0 Å². The van der Waals surface area contributed by atoms with Crippen molar-refractivity contribution in [1.82, 2.24) is 14.9 Å². The molecule has 0 bridgehead atoms. The Balaban J connectivity index is 1.69. The molecule has 2 aromatic heterocycles. The van der Waals surface area contributed by atoms with E-state index in [1.807, 2.05) is 0 Å². The van der Waals surface area contributed by atoms with Gasteiger partial charge in [-0.25, -0.2) is 4.98 Å². The number of aromatic nitrogens is 2. The van der Waals surface area contributed by atoms with Crippen molar-refractivity contribution in [3.05, 3.63) is 40.1 Å².